The van der Waals surface area contributed by atoms with Crippen molar-refractivity contribution >= 4 is 10.8 Å². The molecule has 78 valence electrons. The molecule has 0 saturated carbocycles. The summed E-state index contributed by atoms with van der Waals surface area (Å²) in [6, 6.07) is 5.22. The summed E-state index contributed by atoms with van der Waals surface area (Å²) in [5.41, 5.74) is -1.17. The Morgan fingerprint density at radius 1 is 0.933 bits per heavy atom. The summed E-state index contributed by atoms with van der Waals surface area (Å²) in [5, 5.41) is 5.20. The van der Waals surface area contributed by atoms with Crippen molar-refractivity contribution in [3.63, 3.8) is 0 Å². The van der Waals surface area contributed by atoms with Gasteiger partial charge in [-0.2, -0.15) is 17.6 Å². The Hall–Kier alpha value is -1.72. The molecule has 1 aromatic carbocycles. The van der Waals surface area contributed by atoms with Gasteiger partial charge in [0.05, 0.1) is 0 Å². The Labute approximate surface area is 81.5 Å². The molecule has 2 aromatic rings. The Kier molecular flexibility index (Phi) is 2.06. The van der Waals surface area contributed by atoms with Crippen LogP contribution in [0.15, 0.2) is 24.3 Å². The quantitative estimate of drug-likeness (QED) is 0.633. The second-order valence-electron chi connectivity index (χ2n) is 2.88. The van der Waals surface area contributed by atoms with Gasteiger partial charge in [-0.1, -0.05) is 18.2 Å². The van der Waals surface area contributed by atoms with E-state index in [1.807, 2.05) is 0 Å². The van der Waals surface area contributed by atoms with Gasteiger partial charge in [0.2, 0.25) is 5.95 Å². The first kappa shape index (κ1) is 9.82. The summed E-state index contributed by atoms with van der Waals surface area (Å²) in [6.07, 6.45) is -4.62. The fourth-order valence-electron chi connectivity index (χ4n) is 1.28. The van der Waals surface area contributed by atoms with Crippen LogP contribution in [0, 0.1) is 5.95 Å². The molecule has 0 aliphatic rings. The molecule has 0 aliphatic carbocycles. The molecule has 0 unspecified atom stereocenters. The molecule has 1 heterocycles. The van der Waals surface area contributed by atoms with E-state index >= 15 is 0 Å². The zero-order valence-electron chi connectivity index (χ0n) is 7.22. The van der Waals surface area contributed by atoms with Crippen molar-refractivity contribution in [2.75, 3.05) is 0 Å². The van der Waals surface area contributed by atoms with Gasteiger partial charge in [-0.15, -0.1) is 10.2 Å². The molecule has 0 N–H and O–H groups in total. The van der Waals surface area contributed by atoms with Gasteiger partial charge in [0, 0.05) is 10.8 Å². The van der Waals surface area contributed by atoms with Crippen molar-refractivity contribution in [1.29, 1.82) is 0 Å². The monoisotopic (exact) mass is 216 g/mol. The van der Waals surface area contributed by atoms with Crippen LogP contribution in [-0.2, 0) is 6.18 Å². The lowest BCUT2D eigenvalue weighted by atomic mass is 10.1. The molecular formula is C9H4F4N2. The topological polar surface area (TPSA) is 25.8 Å². The van der Waals surface area contributed by atoms with E-state index in [1.54, 1.807) is 0 Å². The maximum atomic E-state index is 13.0. The maximum Gasteiger partial charge on any atom is 0.435 e. The van der Waals surface area contributed by atoms with E-state index in [0.717, 1.165) is 6.07 Å². The maximum absolute atomic E-state index is 13.0. The third kappa shape index (κ3) is 1.62. The number of hydrogen-bond donors (Lipinski definition) is 0. The first-order valence-electron chi connectivity index (χ1n) is 3.98. The van der Waals surface area contributed by atoms with Gasteiger partial charge in [0.15, 0.2) is 5.69 Å². The summed E-state index contributed by atoms with van der Waals surface area (Å²) in [6.45, 7) is 0. The van der Waals surface area contributed by atoms with Crippen LogP contribution in [0.1, 0.15) is 5.69 Å². The molecule has 2 rings (SSSR count). The van der Waals surface area contributed by atoms with Gasteiger partial charge < -0.3 is 0 Å². The van der Waals surface area contributed by atoms with E-state index in [0.29, 0.717) is 0 Å². The van der Waals surface area contributed by atoms with E-state index in [-0.39, 0.29) is 10.8 Å². The van der Waals surface area contributed by atoms with Gasteiger partial charge in [-0.25, -0.2) is 0 Å². The molecule has 0 atom stereocenters. The molecule has 15 heavy (non-hydrogen) atoms. The lowest BCUT2D eigenvalue weighted by molar-refractivity contribution is -0.140. The number of fused-ring (bicyclic) bond motifs is 1. The summed E-state index contributed by atoms with van der Waals surface area (Å²) in [5.74, 6) is -1.00. The second-order valence-corrected chi connectivity index (χ2v) is 2.88. The van der Waals surface area contributed by atoms with Crippen molar-refractivity contribution in [2.45, 2.75) is 6.18 Å². The fraction of sp³-hybridized carbons (Fsp3) is 0.111. The third-order valence-electron chi connectivity index (χ3n) is 1.91. The van der Waals surface area contributed by atoms with E-state index in [2.05, 4.69) is 10.2 Å². The molecule has 6 heteroatoms. The largest absolute Gasteiger partial charge is 0.435 e. The molecule has 0 radical (unpaired) electrons. The van der Waals surface area contributed by atoms with Crippen LogP contribution in [0.25, 0.3) is 10.8 Å². The Bertz CT molecular complexity index is 507. The predicted molar refractivity (Wildman–Crippen MR) is 44.5 cm³/mol. The SMILES string of the molecule is Fc1nnc(C(F)(F)F)c2ccccc12. The first-order valence-corrected chi connectivity index (χ1v) is 3.98. The van der Waals surface area contributed by atoms with E-state index in [4.69, 9.17) is 0 Å². The number of nitrogens with zero attached hydrogens (tertiary/aromatic N) is 2. The minimum Gasteiger partial charge on any atom is -0.182 e. The predicted octanol–water partition coefficient (Wildman–Crippen LogP) is 2.79. The van der Waals surface area contributed by atoms with Crippen molar-refractivity contribution in [1.82, 2.24) is 10.2 Å². The van der Waals surface area contributed by atoms with E-state index < -0.39 is 17.8 Å². The highest BCUT2D eigenvalue weighted by molar-refractivity contribution is 5.84. The average Bonchev–Trinajstić information content (AvgIpc) is 2.17. The van der Waals surface area contributed by atoms with Gasteiger partial charge in [-0.05, 0) is 6.07 Å². The highest BCUT2D eigenvalue weighted by atomic mass is 19.4. The van der Waals surface area contributed by atoms with Gasteiger partial charge >= 0.3 is 6.18 Å². The minimum atomic E-state index is -4.62. The molecule has 0 bridgehead atoms. The van der Waals surface area contributed by atoms with Crippen LogP contribution >= 0.6 is 0 Å². The molecule has 1 aromatic heterocycles. The summed E-state index contributed by atoms with van der Waals surface area (Å²) in [4.78, 5) is 0. The second kappa shape index (κ2) is 3.15. The molecule has 0 spiro atoms. The average molecular weight is 216 g/mol. The van der Waals surface area contributed by atoms with Crippen molar-refractivity contribution < 1.29 is 17.6 Å². The molecule has 0 fully saturated rings. The molecule has 0 amide bonds. The molecular weight excluding hydrogens is 212 g/mol. The molecule has 2 nitrogen and oxygen atoms in total. The molecule has 0 aliphatic heterocycles. The third-order valence-corrected chi connectivity index (χ3v) is 1.91. The summed E-state index contributed by atoms with van der Waals surface area (Å²) < 4.78 is 50.3. The fourth-order valence-corrected chi connectivity index (χ4v) is 1.28. The van der Waals surface area contributed by atoms with Crippen LogP contribution in [0.2, 0.25) is 0 Å². The van der Waals surface area contributed by atoms with Crippen LogP contribution in [-0.4, -0.2) is 10.2 Å². The van der Waals surface area contributed by atoms with Crippen molar-refractivity contribution in [2.24, 2.45) is 0 Å². The van der Waals surface area contributed by atoms with E-state index in [9.17, 15) is 17.6 Å². The Morgan fingerprint density at radius 3 is 2.13 bits per heavy atom. The highest BCUT2D eigenvalue weighted by Crippen LogP contribution is 2.32. The van der Waals surface area contributed by atoms with Crippen LogP contribution < -0.4 is 0 Å². The zero-order chi connectivity index (χ0) is 11.1. The highest BCUT2D eigenvalue weighted by Gasteiger charge is 2.35. The van der Waals surface area contributed by atoms with Crippen LogP contribution in [0.4, 0.5) is 17.6 Å². The Balaban J connectivity index is 2.84. The number of benzene rings is 1. The Morgan fingerprint density at radius 2 is 1.53 bits per heavy atom. The van der Waals surface area contributed by atoms with Gasteiger partial charge in [-0.3, -0.25) is 0 Å². The zero-order valence-corrected chi connectivity index (χ0v) is 7.22. The number of aromatic nitrogens is 2. The van der Waals surface area contributed by atoms with Gasteiger partial charge in [0.25, 0.3) is 0 Å². The van der Waals surface area contributed by atoms with Crippen LogP contribution in [0.3, 0.4) is 0 Å². The summed E-state index contributed by atoms with van der Waals surface area (Å²) in [7, 11) is 0. The lowest BCUT2D eigenvalue weighted by Crippen LogP contribution is -2.11. The van der Waals surface area contributed by atoms with Crippen LogP contribution in [0.5, 0.6) is 0 Å². The van der Waals surface area contributed by atoms with Crippen molar-refractivity contribution in [3.05, 3.63) is 35.9 Å². The number of hydrogen-bond acceptors (Lipinski definition) is 2. The number of halogens is 4. The first-order chi connectivity index (χ1) is 7.00. The van der Waals surface area contributed by atoms with Gasteiger partial charge in [0.1, 0.15) is 0 Å². The standard InChI is InChI=1S/C9H4F4N2/c10-8-6-4-2-1-3-5(6)7(14-15-8)9(11,12)13/h1-4H. The van der Waals surface area contributed by atoms with Crippen molar-refractivity contribution in [3.8, 4) is 0 Å². The lowest BCUT2D eigenvalue weighted by Gasteiger charge is -2.07. The minimum absolute atomic E-state index is 0.181. The number of rotatable bonds is 0. The number of alkyl halides is 3. The van der Waals surface area contributed by atoms with E-state index in [1.165, 1.54) is 18.2 Å². The molecule has 0 saturated heterocycles. The normalized spacial score (nSPS) is 12.0. The summed E-state index contributed by atoms with van der Waals surface area (Å²) >= 11 is 0. The smallest absolute Gasteiger partial charge is 0.182 e.